The molecule has 0 aliphatic heterocycles. The van der Waals surface area contributed by atoms with Gasteiger partial charge in [-0.2, -0.15) is 0 Å². The van der Waals surface area contributed by atoms with Gasteiger partial charge in [-0.25, -0.2) is 8.42 Å². The van der Waals surface area contributed by atoms with Crippen molar-refractivity contribution >= 4 is 10.7 Å². The van der Waals surface area contributed by atoms with Crippen LogP contribution in [0.4, 0.5) is 0 Å². The average molecular weight is 146 g/mol. The molecule has 0 aromatic rings. The monoisotopic (exact) mass is 146 g/mol. The molecule has 0 saturated heterocycles. The summed E-state index contributed by atoms with van der Waals surface area (Å²) in [5.74, 6) is 0. The van der Waals surface area contributed by atoms with E-state index in [1.807, 2.05) is 0 Å². The van der Waals surface area contributed by atoms with Gasteiger partial charge in [0.05, 0.1) is 4.75 Å². The second-order valence-electron chi connectivity index (χ2n) is 2.47. The van der Waals surface area contributed by atoms with Gasteiger partial charge in [-0.3, -0.25) is 0 Å². The van der Waals surface area contributed by atoms with Crippen molar-refractivity contribution in [3.63, 3.8) is 0 Å². The van der Waals surface area contributed by atoms with Crippen molar-refractivity contribution in [2.75, 3.05) is 0 Å². The van der Waals surface area contributed by atoms with Crippen LogP contribution >= 0.6 is 0 Å². The minimum absolute atomic E-state index is 0.364. The van der Waals surface area contributed by atoms with Gasteiger partial charge in [0.15, 0.2) is 0 Å². The van der Waals surface area contributed by atoms with Gasteiger partial charge in [0.2, 0.25) is 0 Å². The van der Waals surface area contributed by atoms with Gasteiger partial charge in [0, 0.05) is 0 Å². The third-order valence-corrected chi connectivity index (χ3v) is 3.14. The van der Waals surface area contributed by atoms with Crippen molar-refractivity contribution in [1.29, 1.82) is 0 Å². The van der Waals surface area contributed by atoms with Crippen LogP contribution in [0, 0.1) is 0 Å². The van der Waals surface area contributed by atoms with Crippen LogP contribution in [0.15, 0.2) is 12.7 Å². The van der Waals surface area contributed by atoms with Crippen molar-refractivity contribution in [2.24, 2.45) is 0 Å². The highest BCUT2D eigenvalue weighted by Gasteiger charge is 2.45. The molecular weight excluding hydrogens is 136 g/mol. The van der Waals surface area contributed by atoms with Crippen LogP contribution in [0.5, 0.6) is 0 Å². The van der Waals surface area contributed by atoms with E-state index in [4.69, 9.17) is 0 Å². The van der Waals surface area contributed by atoms with E-state index in [1.54, 1.807) is 6.08 Å². The first kappa shape index (κ1) is 6.81. The molecule has 3 heteroatoms. The first-order valence-corrected chi connectivity index (χ1v) is 4.14. The number of allylic oxidation sites excluding steroid dienone is 1. The molecule has 0 bridgehead atoms. The summed E-state index contributed by atoms with van der Waals surface area (Å²) in [7, 11) is -2.21. The van der Waals surface area contributed by atoms with E-state index in [0.29, 0.717) is 6.42 Å². The summed E-state index contributed by atoms with van der Waals surface area (Å²) < 4.78 is 20.6. The Morgan fingerprint density at radius 2 is 2.11 bits per heavy atom. The van der Waals surface area contributed by atoms with Crippen molar-refractivity contribution in [1.82, 2.24) is 0 Å². The lowest BCUT2D eigenvalue weighted by atomic mass is 10.3. The molecule has 52 valence electrons. The average Bonchev–Trinajstić information content (AvgIpc) is 2.49. The van der Waals surface area contributed by atoms with E-state index in [9.17, 15) is 8.42 Å². The van der Waals surface area contributed by atoms with Crippen molar-refractivity contribution in [3.8, 4) is 0 Å². The molecule has 0 unspecified atom stereocenters. The quantitative estimate of drug-likeness (QED) is 0.470. The van der Waals surface area contributed by atoms with Crippen LogP contribution < -0.4 is 0 Å². The molecule has 1 aliphatic carbocycles. The molecule has 0 aromatic carbocycles. The van der Waals surface area contributed by atoms with Gasteiger partial charge < -0.3 is 0 Å². The van der Waals surface area contributed by atoms with Crippen molar-refractivity contribution < 1.29 is 8.42 Å². The minimum atomic E-state index is -2.21. The van der Waals surface area contributed by atoms with Gasteiger partial charge in [0.1, 0.15) is 10.7 Å². The van der Waals surface area contributed by atoms with E-state index in [0.717, 1.165) is 12.8 Å². The Labute approximate surface area is 56.5 Å². The minimum Gasteiger partial charge on any atom is -0.231 e. The maximum atomic E-state index is 10.5. The van der Waals surface area contributed by atoms with Crippen LogP contribution in [0.3, 0.4) is 0 Å². The number of thiol groups is 1. The summed E-state index contributed by atoms with van der Waals surface area (Å²) in [4.78, 5) is 0. The fraction of sp³-hybridized carbons (Fsp3) is 0.667. The zero-order chi connectivity index (χ0) is 6.91. The fourth-order valence-electron chi connectivity index (χ4n) is 0.874. The third kappa shape index (κ3) is 1.15. The number of hydrogen-bond donors (Lipinski definition) is 1. The molecule has 1 fully saturated rings. The lowest BCUT2D eigenvalue weighted by Crippen LogP contribution is -2.07. The van der Waals surface area contributed by atoms with Gasteiger partial charge in [-0.1, -0.05) is 6.08 Å². The standard InChI is InChI=1S/C6H10O2S/c1-2-3-6(4-5-6)9(7)8/h2,9H,1,3-5H2. The maximum Gasteiger partial charge on any atom is 0.146 e. The molecule has 1 saturated carbocycles. The van der Waals surface area contributed by atoms with E-state index >= 15 is 0 Å². The summed E-state index contributed by atoms with van der Waals surface area (Å²) in [6.07, 6.45) is 3.97. The number of rotatable bonds is 3. The Hall–Kier alpha value is -0.310. The van der Waals surface area contributed by atoms with Crippen LogP contribution in [-0.2, 0) is 10.7 Å². The van der Waals surface area contributed by atoms with Crippen LogP contribution in [0.2, 0.25) is 0 Å². The van der Waals surface area contributed by atoms with Crippen LogP contribution in [0.1, 0.15) is 19.3 Å². The largest absolute Gasteiger partial charge is 0.231 e. The second kappa shape index (κ2) is 2.14. The zero-order valence-electron chi connectivity index (χ0n) is 5.17. The maximum absolute atomic E-state index is 10.5. The third-order valence-electron chi connectivity index (χ3n) is 1.74. The molecule has 0 radical (unpaired) electrons. The Bertz CT molecular complexity index is 181. The van der Waals surface area contributed by atoms with Crippen LogP contribution in [0.25, 0.3) is 0 Å². The highest BCUT2D eigenvalue weighted by atomic mass is 32.2. The normalized spacial score (nSPS) is 21.9. The smallest absolute Gasteiger partial charge is 0.146 e. The van der Waals surface area contributed by atoms with Crippen molar-refractivity contribution in [2.45, 2.75) is 24.0 Å². The predicted molar refractivity (Wildman–Crippen MR) is 37.1 cm³/mol. The van der Waals surface area contributed by atoms with E-state index in [1.165, 1.54) is 0 Å². The van der Waals surface area contributed by atoms with Gasteiger partial charge in [-0.05, 0) is 19.3 Å². The van der Waals surface area contributed by atoms with E-state index in [-0.39, 0.29) is 4.75 Å². The predicted octanol–water partition coefficient (Wildman–Crippen LogP) is 0.707. The lowest BCUT2D eigenvalue weighted by Gasteiger charge is -1.98. The fourth-order valence-corrected chi connectivity index (χ4v) is 1.63. The van der Waals surface area contributed by atoms with E-state index in [2.05, 4.69) is 6.58 Å². The summed E-state index contributed by atoms with van der Waals surface area (Å²) in [6.45, 7) is 3.50. The van der Waals surface area contributed by atoms with Crippen molar-refractivity contribution in [3.05, 3.63) is 12.7 Å². The molecule has 0 aromatic heterocycles. The van der Waals surface area contributed by atoms with Gasteiger partial charge in [-0.15, -0.1) is 6.58 Å². The Morgan fingerprint density at radius 3 is 2.22 bits per heavy atom. The molecule has 0 amide bonds. The molecular formula is C6H10O2S. The molecule has 2 nitrogen and oxygen atoms in total. The van der Waals surface area contributed by atoms with E-state index < -0.39 is 10.7 Å². The first-order valence-electron chi connectivity index (χ1n) is 2.97. The Kier molecular flexibility index (Phi) is 1.62. The number of hydrogen-bond acceptors (Lipinski definition) is 2. The molecule has 0 spiro atoms. The summed E-state index contributed by atoms with van der Waals surface area (Å²) >= 11 is 0. The molecule has 9 heavy (non-hydrogen) atoms. The summed E-state index contributed by atoms with van der Waals surface area (Å²) in [5.41, 5.74) is 0. The van der Waals surface area contributed by atoms with Gasteiger partial charge >= 0.3 is 0 Å². The zero-order valence-corrected chi connectivity index (χ0v) is 6.06. The topological polar surface area (TPSA) is 34.1 Å². The molecule has 0 N–H and O–H groups in total. The molecule has 0 atom stereocenters. The molecule has 0 heterocycles. The Balaban J connectivity index is 2.63. The first-order chi connectivity index (χ1) is 4.21. The highest BCUT2D eigenvalue weighted by molar-refractivity contribution is 7.74. The Morgan fingerprint density at radius 1 is 1.56 bits per heavy atom. The second-order valence-corrected chi connectivity index (χ2v) is 3.94. The molecule has 1 aliphatic rings. The summed E-state index contributed by atoms with van der Waals surface area (Å²) in [6, 6.07) is 0. The van der Waals surface area contributed by atoms with Gasteiger partial charge in [0.25, 0.3) is 0 Å². The highest BCUT2D eigenvalue weighted by Crippen LogP contribution is 2.42. The van der Waals surface area contributed by atoms with Crippen LogP contribution in [-0.4, -0.2) is 13.2 Å². The molecule has 1 rings (SSSR count). The lowest BCUT2D eigenvalue weighted by molar-refractivity contribution is 0.597. The summed E-state index contributed by atoms with van der Waals surface area (Å²) in [5, 5.41) is 0. The SMILES string of the molecule is C=CCC1([SH](=O)=O)CC1.